The zero-order valence-corrected chi connectivity index (χ0v) is 61.2. The van der Waals surface area contributed by atoms with Crippen molar-refractivity contribution in [2.45, 2.75) is 0 Å². The van der Waals surface area contributed by atoms with E-state index in [4.69, 9.17) is 56.5 Å². The first-order chi connectivity index (χ1) is 52.8. The highest BCUT2D eigenvalue weighted by Gasteiger charge is 2.29. The summed E-state index contributed by atoms with van der Waals surface area (Å²) in [5, 5.41) is 71.4. The molecule has 3 aliphatic heterocycles. The smallest absolute Gasteiger partial charge is 0.533 e. The van der Waals surface area contributed by atoms with Gasteiger partial charge in [0.2, 0.25) is 17.7 Å². The van der Waals surface area contributed by atoms with Gasteiger partial charge in [-0.1, -0.05) is 175 Å². The van der Waals surface area contributed by atoms with Crippen molar-refractivity contribution >= 4 is 122 Å². The average molecular weight is 1550 g/mol. The first-order valence-corrected chi connectivity index (χ1v) is 35.7. The van der Waals surface area contributed by atoms with E-state index in [-0.39, 0.29) is 61.9 Å². The minimum absolute atomic E-state index is 0.0322. The van der Waals surface area contributed by atoms with Crippen molar-refractivity contribution in [3.05, 3.63) is 257 Å². The van der Waals surface area contributed by atoms with Crippen LogP contribution in [0.2, 0.25) is 20.1 Å². The van der Waals surface area contributed by atoms with Crippen LogP contribution in [0.4, 0.5) is 30.6 Å². The van der Waals surface area contributed by atoms with Crippen molar-refractivity contribution < 1.29 is 52.6 Å². The molecule has 9 aromatic carbocycles. The van der Waals surface area contributed by atoms with Gasteiger partial charge in [0.15, 0.2) is 34.8 Å². The third kappa shape index (κ3) is 17.0. The quantitative estimate of drug-likeness (QED) is 0.0620. The Bertz CT molecular complexity index is 5360. The van der Waals surface area contributed by atoms with Crippen LogP contribution in [0, 0.1) is 17.5 Å². The molecule has 0 saturated carbocycles. The number of aromatic hydroxyl groups is 3. The molecule has 20 nitrogen and oxygen atoms in total. The van der Waals surface area contributed by atoms with E-state index in [0.717, 1.165) is 66.6 Å². The number of benzene rings is 9. The van der Waals surface area contributed by atoms with Gasteiger partial charge in [0.1, 0.15) is 40.2 Å². The van der Waals surface area contributed by atoms with E-state index in [0.29, 0.717) is 130 Å². The van der Waals surface area contributed by atoms with Crippen LogP contribution in [0.5, 0.6) is 23.0 Å². The second kappa shape index (κ2) is 34.8. The lowest BCUT2D eigenvalue weighted by Crippen LogP contribution is -2.48. The molecule has 6 heterocycles. The number of para-hydroxylation sites is 1. The normalized spacial score (nSPS) is 13.5. The van der Waals surface area contributed by atoms with E-state index in [1.54, 1.807) is 39.0 Å². The van der Waals surface area contributed by atoms with Crippen LogP contribution in [-0.2, 0) is 14.4 Å². The fourth-order valence-electron chi connectivity index (χ4n) is 13.0. The largest absolute Gasteiger partial charge is 0.569 e. The predicted octanol–water partition coefficient (Wildman–Crippen LogP) is 15.5. The maximum Gasteiger partial charge on any atom is 0.569 e. The van der Waals surface area contributed by atoms with Crippen molar-refractivity contribution in [1.82, 2.24) is 45.3 Å². The fraction of sp³-hybridized carbons (Fsp3) is 0.148. The summed E-state index contributed by atoms with van der Waals surface area (Å²) in [5.74, 6) is -1.26. The Morgan fingerprint density at radius 1 is 0.376 bits per heavy atom. The molecule has 0 bridgehead atoms. The third-order valence-electron chi connectivity index (χ3n) is 18.5. The number of hydrogen-bond donors (Lipinski definition) is 4. The number of phenols is 3. The molecule has 4 N–H and O–H groups in total. The van der Waals surface area contributed by atoms with Gasteiger partial charge in [0.25, 0.3) is 0 Å². The molecule has 12 aromatic rings. The number of aromatic nitrogens is 6. The second-order valence-corrected chi connectivity index (χ2v) is 26.5. The number of piperazine rings is 3. The summed E-state index contributed by atoms with van der Waals surface area (Å²) in [5.41, 5.74) is 5.52. The highest BCUT2D eigenvalue weighted by molar-refractivity contribution is 6.43. The SMILES string of the molecule is C=CC(=O)N1CCN(c2nnc(-c3ccccc3)c3cc(-c4c(O)cccc4F)c(Cl)cc23)CC1.C=CC(=O)N1CCN(c2nnc(-c3ccccc3)c3cc(Cl)c(-c4c(O)cccc4F)cc23)CC1.C=CC(=O)N1CCN(c2nnc(-c3ccccc3)c3cc(Cl)c(Cl)cc23)CC1.O[B]Oc1c(O)cccc1F. The Morgan fingerprint density at radius 2 is 0.670 bits per heavy atom. The van der Waals surface area contributed by atoms with E-state index in [9.17, 15) is 37.8 Å². The number of halogens is 7. The highest BCUT2D eigenvalue weighted by Crippen LogP contribution is 2.45. The number of hydrogen-bond acceptors (Lipinski definition) is 17. The zero-order valence-electron chi connectivity index (χ0n) is 58.2. The van der Waals surface area contributed by atoms with Gasteiger partial charge in [-0.25, -0.2) is 13.2 Å². The number of carbonyl (C=O) groups is 3. The second-order valence-electron chi connectivity index (χ2n) is 24.9. The first kappa shape index (κ1) is 76.8. The van der Waals surface area contributed by atoms with E-state index in [1.807, 2.05) is 103 Å². The molecule has 0 unspecified atom stereocenters. The van der Waals surface area contributed by atoms with Crippen LogP contribution >= 0.6 is 46.4 Å². The van der Waals surface area contributed by atoms with E-state index >= 15 is 0 Å². The minimum atomic E-state index is -0.727. The van der Waals surface area contributed by atoms with E-state index < -0.39 is 17.5 Å². The topological polar surface area (TPSA) is 238 Å². The van der Waals surface area contributed by atoms with Crippen LogP contribution in [0.25, 0.3) is 88.3 Å². The summed E-state index contributed by atoms with van der Waals surface area (Å²) in [7, 11) is 0.304. The summed E-state index contributed by atoms with van der Waals surface area (Å²) < 4.78 is 46.4. The number of fused-ring (bicyclic) bond motifs is 3. The van der Waals surface area contributed by atoms with E-state index in [1.165, 1.54) is 66.8 Å². The molecule has 551 valence electrons. The zero-order chi connectivity index (χ0) is 77.0. The van der Waals surface area contributed by atoms with Crippen molar-refractivity contribution in [3.63, 3.8) is 0 Å². The molecular weight excluding hydrogens is 1480 g/mol. The van der Waals surface area contributed by atoms with Gasteiger partial charge in [-0.2, -0.15) is 0 Å². The number of amides is 3. The lowest BCUT2D eigenvalue weighted by atomic mass is 9.97. The van der Waals surface area contributed by atoms with Gasteiger partial charge in [0.05, 0.1) is 21.2 Å². The summed E-state index contributed by atoms with van der Waals surface area (Å²) in [4.78, 5) is 47.3. The van der Waals surface area contributed by atoms with Crippen molar-refractivity contribution in [2.24, 2.45) is 0 Å². The minimum Gasteiger partial charge on any atom is -0.533 e. The fourth-order valence-corrected chi connectivity index (χ4v) is 13.8. The molecule has 3 fully saturated rings. The number of phenolic OH excluding ortho intramolecular Hbond substituents is 3. The molecule has 3 aromatic heterocycles. The van der Waals surface area contributed by atoms with Gasteiger partial charge >= 0.3 is 7.69 Å². The standard InChI is InChI=1S/2C27H22ClFN4O2.C21H18Cl2N4O.C6H5BFO3/c1-2-24(35)32-11-13-33(14-12-32)27-19-15-20(25-22(29)9-6-10-23(25)34)21(28)16-18(19)26(30-31-27)17-7-4-3-5-8-17;1-2-24(35)32-11-13-33(14-12-32)27-19-16-21(28)20(25-22(29)9-6-10-23(25)34)15-18(19)26(30-31-27)17-7-4-3-5-8-17;1-2-19(28)26-8-10-27(11-9-26)21-16-13-18(23)17(22)12-15(16)20(24-25-21)14-6-4-3-5-7-14;8-4-2-1-3-5(9)6(4)11-7-10/h2*2-10,15-16,34H,1,11-14H2;2-7,12-13H,1,8-11H2;1-3,9-10H. The Balaban J connectivity index is 0.000000143. The van der Waals surface area contributed by atoms with Crippen molar-refractivity contribution in [3.8, 4) is 79.0 Å². The lowest BCUT2D eigenvalue weighted by Gasteiger charge is -2.35. The predicted molar refractivity (Wildman–Crippen MR) is 423 cm³/mol. The summed E-state index contributed by atoms with van der Waals surface area (Å²) >= 11 is 25.9. The number of anilines is 3. The Kier molecular flexibility index (Phi) is 24.6. The van der Waals surface area contributed by atoms with Crippen LogP contribution in [0.15, 0.2) is 220 Å². The third-order valence-corrected chi connectivity index (χ3v) is 19.8. The van der Waals surface area contributed by atoms with Gasteiger partial charge in [-0.05, 0) is 91.0 Å². The van der Waals surface area contributed by atoms with Crippen LogP contribution < -0.4 is 19.4 Å². The molecule has 109 heavy (non-hydrogen) atoms. The maximum absolute atomic E-state index is 14.8. The van der Waals surface area contributed by atoms with Crippen LogP contribution in [0.1, 0.15) is 0 Å². The number of rotatable bonds is 13. The van der Waals surface area contributed by atoms with Gasteiger partial charge in [0, 0.05) is 149 Å². The summed E-state index contributed by atoms with van der Waals surface area (Å²) in [6.07, 6.45) is 3.98. The molecule has 0 aliphatic carbocycles. The first-order valence-electron chi connectivity index (χ1n) is 34.2. The van der Waals surface area contributed by atoms with E-state index in [2.05, 4.69) is 69.7 Å². The Labute approximate surface area is 645 Å². The molecule has 3 amide bonds. The number of carbonyl (C=O) groups excluding carboxylic acids is 3. The van der Waals surface area contributed by atoms with Crippen LogP contribution in [-0.4, -0.2) is 170 Å². The Hall–Kier alpha value is -11.8. The molecule has 28 heteroatoms. The molecule has 0 atom stereocenters. The number of nitrogens with zero attached hydrogens (tertiary/aromatic N) is 12. The molecule has 3 saturated heterocycles. The summed E-state index contributed by atoms with van der Waals surface area (Å²) in [6.45, 7) is 17.6. The molecule has 3 aliphatic rings. The van der Waals surface area contributed by atoms with Crippen molar-refractivity contribution in [1.29, 1.82) is 0 Å². The average Bonchev–Trinajstić information content (AvgIpc) is 0.770. The van der Waals surface area contributed by atoms with Gasteiger partial charge < -0.3 is 54.4 Å². The molecular formula is C81H67BCl4F3N12O8. The van der Waals surface area contributed by atoms with Crippen LogP contribution in [0.3, 0.4) is 0 Å². The highest BCUT2D eigenvalue weighted by atomic mass is 35.5. The maximum atomic E-state index is 14.8. The van der Waals surface area contributed by atoms with Gasteiger partial charge in [-0.15, -0.1) is 30.6 Å². The lowest BCUT2D eigenvalue weighted by molar-refractivity contribution is -0.127. The molecule has 1 radical (unpaired) electrons. The monoisotopic (exact) mass is 1540 g/mol. The molecule has 0 spiro atoms. The van der Waals surface area contributed by atoms with Gasteiger partial charge in [-0.3, -0.25) is 14.4 Å². The van der Waals surface area contributed by atoms with Crippen molar-refractivity contribution in [2.75, 3.05) is 93.2 Å². The molecule has 15 rings (SSSR count). The Morgan fingerprint density at radius 3 is 1.00 bits per heavy atom. The summed E-state index contributed by atoms with van der Waals surface area (Å²) in [6, 6.07) is 51.8.